The molecule has 0 aliphatic heterocycles. The van der Waals surface area contributed by atoms with Crippen LogP contribution in [0.1, 0.15) is 16.7 Å². The second kappa shape index (κ2) is 7.13. The van der Waals surface area contributed by atoms with E-state index in [1.807, 2.05) is 30.3 Å². The Kier molecular flexibility index (Phi) is 4.93. The van der Waals surface area contributed by atoms with E-state index in [0.717, 1.165) is 5.56 Å². The molecule has 3 N–H and O–H groups in total. The first-order valence-electron chi connectivity index (χ1n) is 8.04. The topological polar surface area (TPSA) is 46.2 Å². The molecule has 0 saturated heterocycles. The van der Waals surface area contributed by atoms with Gasteiger partial charge in [0, 0.05) is 6.04 Å². The van der Waals surface area contributed by atoms with Crippen molar-refractivity contribution in [3.63, 3.8) is 0 Å². The SMILES string of the molecule is NC(Cc1ccccc1)C(O)(c1ccc(F)cc1)c1ccc(F)cc1. The van der Waals surface area contributed by atoms with Crippen LogP contribution < -0.4 is 5.73 Å². The highest BCUT2D eigenvalue weighted by Crippen LogP contribution is 2.34. The summed E-state index contributed by atoms with van der Waals surface area (Å²) in [4.78, 5) is 0. The van der Waals surface area contributed by atoms with Crippen molar-refractivity contribution < 1.29 is 13.9 Å². The molecule has 0 bridgehead atoms. The van der Waals surface area contributed by atoms with E-state index < -0.39 is 23.3 Å². The Morgan fingerprint density at radius 2 is 1.20 bits per heavy atom. The lowest BCUT2D eigenvalue weighted by molar-refractivity contribution is 0.0515. The Labute approximate surface area is 145 Å². The zero-order valence-corrected chi connectivity index (χ0v) is 13.6. The predicted molar refractivity (Wildman–Crippen MR) is 93.9 cm³/mol. The molecular formula is C21H19F2NO. The smallest absolute Gasteiger partial charge is 0.130 e. The summed E-state index contributed by atoms with van der Waals surface area (Å²) in [5, 5.41) is 11.5. The monoisotopic (exact) mass is 339 g/mol. The van der Waals surface area contributed by atoms with Gasteiger partial charge in [-0.25, -0.2) is 8.78 Å². The van der Waals surface area contributed by atoms with Gasteiger partial charge < -0.3 is 10.8 Å². The lowest BCUT2D eigenvalue weighted by atomic mass is 9.78. The van der Waals surface area contributed by atoms with E-state index in [1.165, 1.54) is 48.5 Å². The van der Waals surface area contributed by atoms with E-state index in [0.29, 0.717) is 17.5 Å². The van der Waals surface area contributed by atoms with Gasteiger partial charge in [-0.3, -0.25) is 0 Å². The maximum atomic E-state index is 13.3. The quantitative estimate of drug-likeness (QED) is 0.743. The summed E-state index contributed by atoms with van der Waals surface area (Å²) < 4.78 is 26.6. The van der Waals surface area contributed by atoms with Gasteiger partial charge in [-0.05, 0) is 47.4 Å². The van der Waals surface area contributed by atoms with Crippen LogP contribution in [0.25, 0.3) is 0 Å². The fourth-order valence-electron chi connectivity index (χ4n) is 3.02. The summed E-state index contributed by atoms with van der Waals surface area (Å²) in [5.41, 5.74) is 6.71. The Balaban J connectivity index is 2.04. The van der Waals surface area contributed by atoms with Crippen LogP contribution in [-0.4, -0.2) is 11.1 Å². The molecule has 3 rings (SSSR count). The molecule has 0 aliphatic rings. The number of halogens is 2. The molecule has 4 heteroatoms. The lowest BCUT2D eigenvalue weighted by Gasteiger charge is -2.35. The number of hydrogen-bond donors (Lipinski definition) is 2. The molecule has 128 valence electrons. The van der Waals surface area contributed by atoms with Gasteiger partial charge in [0.15, 0.2) is 0 Å². The van der Waals surface area contributed by atoms with E-state index in [-0.39, 0.29) is 0 Å². The van der Waals surface area contributed by atoms with Crippen LogP contribution >= 0.6 is 0 Å². The summed E-state index contributed by atoms with van der Waals surface area (Å²) >= 11 is 0. The van der Waals surface area contributed by atoms with Crippen molar-refractivity contribution in [1.82, 2.24) is 0 Å². The van der Waals surface area contributed by atoms with E-state index >= 15 is 0 Å². The number of nitrogens with two attached hydrogens (primary N) is 1. The van der Waals surface area contributed by atoms with Crippen LogP contribution in [0.2, 0.25) is 0 Å². The molecule has 0 amide bonds. The average molecular weight is 339 g/mol. The number of benzene rings is 3. The van der Waals surface area contributed by atoms with Crippen molar-refractivity contribution in [3.05, 3.63) is 107 Å². The molecule has 0 radical (unpaired) electrons. The van der Waals surface area contributed by atoms with Crippen LogP contribution in [0.4, 0.5) is 8.78 Å². The zero-order valence-electron chi connectivity index (χ0n) is 13.6. The molecule has 0 saturated carbocycles. The average Bonchev–Trinajstić information content (AvgIpc) is 2.63. The minimum absolute atomic E-state index is 0.401. The molecule has 1 atom stereocenters. The van der Waals surface area contributed by atoms with Gasteiger partial charge in [-0.2, -0.15) is 0 Å². The fourth-order valence-corrected chi connectivity index (χ4v) is 3.02. The van der Waals surface area contributed by atoms with Crippen LogP contribution in [-0.2, 0) is 12.0 Å². The third kappa shape index (κ3) is 3.60. The van der Waals surface area contributed by atoms with Gasteiger partial charge in [-0.1, -0.05) is 54.6 Å². The van der Waals surface area contributed by atoms with Crippen LogP contribution in [0.15, 0.2) is 78.9 Å². The summed E-state index contributed by atoms with van der Waals surface area (Å²) in [5.74, 6) is -0.802. The highest BCUT2D eigenvalue weighted by Gasteiger charge is 2.38. The maximum Gasteiger partial charge on any atom is 0.130 e. The summed E-state index contributed by atoms with van der Waals surface area (Å²) in [7, 11) is 0. The van der Waals surface area contributed by atoms with Crippen molar-refractivity contribution in [3.8, 4) is 0 Å². The fraction of sp³-hybridized carbons (Fsp3) is 0.143. The van der Waals surface area contributed by atoms with E-state index in [4.69, 9.17) is 5.73 Å². The molecule has 3 aromatic carbocycles. The first kappa shape index (κ1) is 17.3. The van der Waals surface area contributed by atoms with Crippen molar-refractivity contribution in [1.29, 1.82) is 0 Å². The van der Waals surface area contributed by atoms with Crippen molar-refractivity contribution in [2.45, 2.75) is 18.1 Å². The zero-order chi connectivity index (χ0) is 17.9. The molecule has 1 unspecified atom stereocenters. The summed E-state index contributed by atoms with van der Waals surface area (Å²) in [6.45, 7) is 0. The standard InChI is InChI=1S/C21H19F2NO/c22-18-10-6-16(7-11-18)21(25,17-8-12-19(23)13-9-17)20(24)14-15-4-2-1-3-5-15/h1-13,20,25H,14,24H2. The summed E-state index contributed by atoms with van der Waals surface area (Å²) in [6.07, 6.45) is 0.409. The van der Waals surface area contributed by atoms with Crippen molar-refractivity contribution >= 4 is 0 Å². The van der Waals surface area contributed by atoms with Gasteiger partial charge in [0.25, 0.3) is 0 Å². The van der Waals surface area contributed by atoms with E-state index in [9.17, 15) is 13.9 Å². The van der Waals surface area contributed by atoms with Gasteiger partial charge >= 0.3 is 0 Å². The van der Waals surface area contributed by atoms with Crippen LogP contribution in [0, 0.1) is 11.6 Å². The molecular weight excluding hydrogens is 320 g/mol. The second-order valence-corrected chi connectivity index (χ2v) is 6.08. The van der Waals surface area contributed by atoms with Crippen molar-refractivity contribution in [2.24, 2.45) is 5.73 Å². The Bertz CT molecular complexity index is 771. The molecule has 25 heavy (non-hydrogen) atoms. The van der Waals surface area contributed by atoms with Gasteiger partial charge in [-0.15, -0.1) is 0 Å². The molecule has 2 nitrogen and oxygen atoms in total. The van der Waals surface area contributed by atoms with E-state index in [2.05, 4.69) is 0 Å². The van der Waals surface area contributed by atoms with Crippen LogP contribution in [0.3, 0.4) is 0 Å². The Morgan fingerprint density at radius 3 is 1.64 bits per heavy atom. The first-order valence-corrected chi connectivity index (χ1v) is 8.04. The minimum Gasteiger partial charge on any atom is -0.379 e. The van der Waals surface area contributed by atoms with Gasteiger partial charge in [0.2, 0.25) is 0 Å². The Hall–Kier alpha value is -2.56. The predicted octanol–water partition coefficient (Wildman–Crippen LogP) is 3.77. The van der Waals surface area contributed by atoms with E-state index in [1.54, 1.807) is 0 Å². The number of aliphatic hydroxyl groups is 1. The lowest BCUT2D eigenvalue weighted by Crippen LogP contribution is -2.47. The van der Waals surface area contributed by atoms with Crippen molar-refractivity contribution in [2.75, 3.05) is 0 Å². The first-order chi connectivity index (χ1) is 12.0. The normalized spacial score (nSPS) is 12.8. The molecule has 0 aliphatic carbocycles. The third-order valence-corrected chi connectivity index (χ3v) is 4.40. The Morgan fingerprint density at radius 1 is 0.760 bits per heavy atom. The van der Waals surface area contributed by atoms with Gasteiger partial charge in [0.05, 0.1) is 0 Å². The number of hydrogen-bond acceptors (Lipinski definition) is 2. The molecule has 0 heterocycles. The largest absolute Gasteiger partial charge is 0.379 e. The minimum atomic E-state index is -1.57. The second-order valence-electron chi connectivity index (χ2n) is 6.08. The maximum absolute atomic E-state index is 13.3. The molecule has 0 spiro atoms. The summed E-state index contributed by atoms with van der Waals surface area (Å²) in [6, 6.07) is 20.0. The highest BCUT2D eigenvalue weighted by molar-refractivity contribution is 5.39. The van der Waals surface area contributed by atoms with Gasteiger partial charge in [0.1, 0.15) is 17.2 Å². The molecule has 0 aromatic heterocycles. The molecule has 3 aromatic rings. The number of rotatable bonds is 5. The molecule has 0 fully saturated rings. The highest BCUT2D eigenvalue weighted by atomic mass is 19.1. The van der Waals surface area contributed by atoms with Crippen LogP contribution in [0.5, 0.6) is 0 Å². The third-order valence-electron chi connectivity index (χ3n) is 4.40.